The summed E-state index contributed by atoms with van der Waals surface area (Å²) in [5, 5.41) is 18.1. The van der Waals surface area contributed by atoms with Gasteiger partial charge in [-0.3, -0.25) is 0 Å². The highest BCUT2D eigenvalue weighted by Crippen LogP contribution is 2.19. The maximum Gasteiger partial charge on any atom is 0.155 e. The number of aliphatic hydroxyl groups is 2. The Morgan fingerprint density at radius 3 is 2.20 bits per heavy atom. The van der Waals surface area contributed by atoms with Crippen LogP contribution >= 0.6 is 0 Å². The molecule has 4 nitrogen and oxygen atoms in total. The zero-order valence-corrected chi connectivity index (χ0v) is 13.6. The maximum absolute atomic E-state index is 9.05. The van der Waals surface area contributed by atoms with E-state index in [1.165, 1.54) is 25.7 Å². The van der Waals surface area contributed by atoms with Gasteiger partial charge in [0.1, 0.15) is 5.72 Å². The molecule has 0 aromatic heterocycles. The van der Waals surface area contributed by atoms with Crippen molar-refractivity contribution < 1.29 is 14.9 Å². The Balaban J connectivity index is 3.63. The molecule has 1 unspecified atom stereocenters. The van der Waals surface area contributed by atoms with E-state index in [9.17, 15) is 0 Å². The van der Waals surface area contributed by atoms with E-state index in [4.69, 9.17) is 20.7 Å². The molecule has 0 aromatic carbocycles. The summed E-state index contributed by atoms with van der Waals surface area (Å²) in [5.41, 5.74) is 5.17. The first-order valence-corrected chi connectivity index (χ1v) is 8.18. The van der Waals surface area contributed by atoms with E-state index >= 15 is 0 Å². The highest BCUT2D eigenvalue weighted by atomic mass is 16.5. The van der Waals surface area contributed by atoms with E-state index in [0.29, 0.717) is 13.0 Å². The van der Waals surface area contributed by atoms with Gasteiger partial charge in [0.05, 0.1) is 0 Å². The number of ether oxygens (including phenoxy) is 1. The maximum atomic E-state index is 9.05. The van der Waals surface area contributed by atoms with Crippen molar-refractivity contribution in [3.05, 3.63) is 0 Å². The predicted octanol–water partition coefficient (Wildman–Crippen LogP) is 3.16. The minimum atomic E-state index is -1.40. The second-order valence-corrected chi connectivity index (χ2v) is 6.30. The lowest BCUT2D eigenvalue weighted by Gasteiger charge is -2.30. The third-order valence-electron chi connectivity index (χ3n) is 3.52. The Kier molecular flexibility index (Phi) is 11.4. The van der Waals surface area contributed by atoms with Crippen molar-refractivity contribution >= 4 is 0 Å². The van der Waals surface area contributed by atoms with Crippen LogP contribution in [0.25, 0.3) is 0 Å². The molecule has 4 N–H and O–H groups in total. The molecule has 0 heterocycles. The van der Waals surface area contributed by atoms with Gasteiger partial charge in [0.15, 0.2) is 6.29 Å². The summed E-state index contributed by atoms with van der Waals surface area (Å²) in [6.07, 6.45) is 7.50. The summed E-state index contributed by atoms with van der Waals surface area (Å²) < 4.78 is 5.68. The van der Waals surface area contributed by atoms with E-state index < -0.39 is 12.0 Å². The molecule has 0 spiro atoms. The van der Waals surface area contributed by atoms with Crippen molar-refractivity contribution in [2.45, 2.75) is 90.6 Å². The molecule has 0 amide bonds. The second kappa shape index (κ2) is 11.5. The summed E-state index contributed by atoms with van der Waals surface area (Å²) in [6, 6.07) is 0. The van der Waals surface area contributed by atoms with Crippen LogP contribution in [0.1, 0.15) is 78.6 Å². The zero-order valence-electron chi connectivity index (χ0n) is 13.6. The Morgan fingerprint density at radius 2 is 1.65 bits per heavy atom. The van der Waals surface area contributed by atoms with Crippen molar-refractivity contribution in [3.8, 4) is 0 Å². The van der Waals surface area contributed by atoms with Gasteiger partial charge in [-0.05, 0) is 18.8 Å². The van der Waals surface area contributed by atoms with Crippen molar-refractivity contribution in [2.75, 3.05) is 6.61 Å². The molecule has 0 aliphatic carbocycles. The topological polar surface area (TPSA) is 75.7 Å². The van der Waals surface area contributed by atoms with Crippen molar-refractivity contribution in [2.24, 2.45) is 11.7 Å². The monoisotopic (exact) mass is 289 g/mol. The summed E-state index contributed by atoms with van der Waals surface area (Å²) in [6.45, 7) is 7.15. The van der Waals surface area contributed by atoms with Crippen LogP contribution < -0.4 is 5.73 Å². The zero-order chi connectivity index (χ0) is 15.4. The minimum Gasteiger partial charge on any atom is -0.368 e. The van der Waals surface area contributed by atoms with Crippen molar-refractivity contribution in [1.29, 1.82) is 0 Å². The molecular weight excluding hydrogens is 254 g/mol. The van der Waals surface area contributed by atoms with Gasteiger partial charge >= 0.3 is 0 Å². The Bertz CT molecular complexity index is 222. The fraction of sp³-hybridized carbons (Fsp3) is 1.00. The van der Waals surface area contributed by atoms with Crippen LogP contribution in [-0.2, 0) is 4.74 Å². The van der Waals surface area contributed by atoms with E-state index in [1.54, 1.807) is 0 Å². The smallest absolute Gasteiger partial charge is 0.155 e. The summed E-state index contributed by atoms with van der Waals surface area (Å²) in [4.78, 5) is 0. The molecule has 0 saturated carbocycles. The van der Waals surface area contributed by atoms with Crippen LogP contribution in [-0.4, -0.2) is 28.8 Å². The van der Waals surface area contributed by atoms with Crippen LogP contribution in [0.5, 0.6) is 0 Å². The van der Waals surface area contributed by atoms with Gasteiger partial charge in [-0.25, -0.2) is 0 Å². The highest BCUT2D eigenvalue weighted by molar-refractivity contribution is 4.73. The van der Waals surface area contributed by atoms with Crippen molar-refractivity contribution in [1.82, 2.24) is 0 Å². The molecule has 0 radical (unpaired) electrons. The number of aliphatic hydroxyl groups excluding tert-OH is 1. The Hall–Kier alpha value is -0.160. The average molecular weight is 289 g/mol. The third-order valence-corrected chi connectivity index (χ3v) is 3.52. The summed E-state index contributed by atoms with van der Waals surface area (Å²) in [7, 11) is 0. The third kappa shape index (κ3) is 11.6. The lowest BCUT2D eigenvalue weighted by molar-refractivity contribution is -0.130. The molecule has 20 heavy (non-hydrogen) atoms. The standard InChI is InChI=1S/C16H35NO3/c1-4-11-16(17,13-15(18)19)20-12-9-7-5-6-8-10-14(2)3/h14-15,18-19H,4-13,17H2,1-3H3. The van der Waals surface area contributed by atoms with E-state index in [2.05, 4.69) is 13.8 Å². The summed E-state index contributed by atoms with van der Waals surface area (Å²) >= 11 is 0. The minimum absolute atomic E-state index is 0.0786. The van der Waals surface area contributed by atoms with Gasteiger partial charge < -0.3 is 20.7 Å². The molecule has 4 heteroatoms. The van der Waals surface area contributed by atoms with Gasteiger partial charge in [0, 0.05) is 13.0 Å². The normalized spacial score (nSPS) is 15.0. The van der Waals surface area contributed by atoms with Crippen LogP contribution in [0, 0.1) is 5.92 Å². The largest absolute Gasteiger partial charge is 0.368 e. The first-order chi connectivity index (χ1) is 9.39. The Morgan fingerprint density at radius 1 is 1.05 bits per heavy atom. The quantitative estimate of drug-likeness (QED) is 0.359. The molecule has 0 rings (SSSR count). The lowest BCUT2D eigenvalue weighted by Crippen LogP contribution is -2.45. The van der Waals surface area contributed by atoms with Gasteiger partial charge in [-0.1, -0.05) is 59.3 Å². The molecule has 0 aliphatic heterocycles. The van der Waals surface area contributed by atoms with Gasteiger partial charge in [-0.2, -0.15) is 0 Å². The van der Waals surface area contributed by atoms with Gasteiger partial charge in [-0.15, -0.1) is 0 Å². The number of nitrogens with two attached hydrogens (primary N) is 1. The molecule has 0 aromatic rings. The fourth-order valence-corrected chi connectivity index (χ4v) is 2.43. The van der Waals surface area contributed by atoms with E-state index in [1.807, 2.05) is 6.92 Å². The van der Waals surface area contributed by atoms with Gasteiger partial charge in [0.2, 0.25) is 0 Å². The second-order valence-electron chi connectivity index (χ2n) is 6.30. The molecule has 0 bridgehead atoms. The van der Waals surface area contributed by atoms with Gasteiger partial charge in [0.25, 0.3) is 0 Å². The number of hydrogen-bond acceptors (Lipinski definition) is 4. The molecular formula is C16H35NO3. The highest BCUT2D eigenvalue weighted by Gasteiger charge is 2.27. The van der Waals surface area contributed by atoms with Crippen LogP contribution in [0.15, 0.2) is 0 Å². The first kappa shape index (κ1) is 19.8. The van der Waals surface area contributed by atoms with Crippen molar-refractivity contribution in [3.63, 3.8) is 0 Å². The van der Waals surface area contributed by atoms with Crippen LogP contribution in [0.4, 0.5) is 0 Å². The van der Waals surface area contributed by atoms with E-state index in [-0.39, 0.29) is 6.42 Å². The fourth-order valence-electron chi connectivity index (χ4n) is 2.43. The molecule has 122 valence electrons. The Labute approximate surface area is 124 Å². The van der Waals surface area contributed by atoms with E-state index in [0.717, 1.165) is 25.2 Å². The number of rotatable bonds is 13. The summed E-state index contributed by atoms with van der Waals surface area (Å²) in [5.74, 6) is 0.801. The molecule has 1 atom stereocenters. The molecule has 0 aliphatic rings. The average Bonchev–Trinajstić information content (AvgIpc) is 2.31. The lowest BCUT2D eigenvalue weighted by atomic mass is 10.0. The number of unbranched alkanes of at least 4 members (excludes halogenated alkanes) is 4. The predicted molar refractivity (Wildman–Crippen MR) is 83.2 cm³/mol. The SMILES string of the molecule is CCCC(N)(CC(O)O)OCCCCCCCC(C)C. The van der Waals surface area contributed by atoms with Crippen LogP contribution in [0.2, 0.25) is 0 Å². The van der Waals surface area contributed by atoms with Crippen LogP contribution in [0.3, 0.4) is 0 Å². The molecule has 0 fully saturated rings. The number of hydrogen-bond donors (Lipinski definition) is 3. The first-order valence-electron chi connectivity index (χ1n) is 8.18. The molecule has 0 saturated heterocycles.